The first-order valence-electron chi connectivity index (χ1n) is 11.3. The van der Waals surface area contributed by atoms with Crippen molar-refractivity contribution in [2.24, 2.45) is 0 Å². The maximum atomic E-state index is 13.1. The standard InChI is InChI=1S/C24H31N5O2S/c1-4-10-28-11-13-29(14-12-28)22-20-17(3)21(32-24(20)27-16-26-22)23(30)25-15-18-8-6-7-9-19(18)31-5-2/h6-9,16H,4-5,10-15H2,1-3H3,(H,25,30). The minimum atomic E-state index is -0.0875. The number of hydrogen-bond donors (Lipinski definition) is 1. The highest BCUT2D eigenvalue weighted by atomic mass is 32.1. The number of amides is 1. The van der Waals surface area contributed by atoms with Crippen LogP contribution in [0.2, 0.25) is 0 Å². The molecule has 0 bridgehead atoms. The SMILES string of the molecule is CCCN1CCN(c2ncnc3sc(C(=O)NCc4ccccc4OCC)c(C)c23)CC1. The summed E-state index contributed by atoms with van der Waals surface area (Å²) >= 11 is 1.44. The Morgan fingerprint density at radius 3 is 2.69 bits per heavy atom. The van der Waals surface area contributed by atoms with Gasteiger partial charge in [-0.1, -0.05) is 25.1 Å². The third-order valence-corrected chi connectivity index (χ3v) is 7.04. The Morgan fingerprint density at radius 1 is 1.16 bits per heavy atom. The summed E-state index contributed by atoms with van der Waals surface area (Å²) in [4.78, 5) is 28.5. The highest BCUT2D eigenvalue weighted by Crippen LogP contribution is 2.35. The molecule has 1 aliphatic heterocycles. The molecule has 1 saturated heterocycles. The fourth-order valence-electron chi connectivity index (χ4n) is 4.21. The molecule has 32 heavy (non-hydrogen) atoms. The lowest BCUT2D eigenvalue weighted by Gasteiger charge is -2.35. The van der Waals surface area contributed by atoms with Crippen molar-refractivity contribution >= 4 is 33.3 Å². The van der Waals surface area contributed by atoms with E-state index in [0.29, 0.717) is 18.0 Å². The molecule has 1 amide bonds. The van der Waals surface area contributed by atoms with Gasteiger partial charge in [-0.3, -0.25) is 9.69 Å². The zero-order valence-electron chi connectivity index (χ0n) is 19.1. The summed E-state index contributed by atoms with van der Waals surface area (Å²) in [5, 5.41) is 4.06. The van der Waals surface area contributed by atoms with Crippen LogP contribution in [-0.4, -0.2) is 60.1 Å². The number of para-hydroxylation sites is 1. The van der Waals surface area contributed by atoms with Gasteiger partial charge in [-0.05, 0) is 38.4 Å². The van der Waals surface area contributed by atoms with Crippen molar-refractivity contribution in [2.45, 2.75) is 33.7 Å². The molecule has 170 valence electrons. The fraction of sp³-hybridized carbons (Fsp3) is 0.458. The lowest BCUT2D eigenvalue weighted by molar-refractivity contribution is 0.0954. The van der Waals surface area contributed by atoms with Crippen LogP contribution in [0.25, 0.3) is 10.2 Å². The second kappa shape index (κ2) is 10.3. The molecule has 3 heterocycles. The number of anilines is 1. The van der Waals surface area contributed by atoms with Gasteiger partial charge in [0.25, 0.3) is 5.91 Å². The summed E-state index contributed by atoms with van der Waals surface area (Å²) in [6.07, 6.45) is 2.79. The Bertz CT molecular complexity index is 1080. The van der Waals surface area contributed by atoms with E-state index in [9.17, 15) is 4.79 Å². The molecule has 0 unspecified atom stereocenters. The van der Waals surface area contributed by atoms with Crippen molar-refractivity contribution in [1.82, 2.24) is 20.2 Å². The Hall–Kier alpha value is -2.71. The van der Waals surface area contributed by atoms with E-state index in [0.717, 1.165) is 65.6 Å². The molecule has 0 atom stereocenters. The number of aryl methyl sites for hydroxylation is 1. The Labute approximate surface area is 193 Å². The number of carbonyl (C=O) groups is 1. The predicted octanol–water partition coefficient (Wildman–Crippen LogP) is 3.86. The van der Waals surface area contributed by atoms with E-state index >= 15 is 0 Å². The van der Waals surface area contributed by atoms with Crippen molar-refractivity contribution in [2.75, 3.05) is 44.2 Å². The molecule has 1 N–H and O–H groups in total. The second-order valence-electron chi connectivity index (χ2n) is 7.99. The minimum absolute atomic E-state index is 0.0875. The maximum Gasteiger partial charge on any atom is 0.261 e. The summed E-state index contributed by atoms with van der Waals surface area (Å²) in [5.41, 5.74) is 1.92. The van der Waals surface area contributed by atoms with Crippen LogP contribution in [0, 0.1) is 6.92 Å². The number of ether oxygens (including phenoxy) is 1. The highest BCUT2D eigenvalue weighted by molar-refractivity contribution is 7.20. The molecule has 4 rings (SSSR count). The Morgan fingerprint density at radius 2 is 1.94 bits per heavy atom. The average molecular weight is 454 g/mol. The van der Waals surface area contributed by atoms with E-state index in [1.54, 1.807) is 6.33 Å². The molecule has 3 aromatic rings. The normalized spacial score (nSPS) is 14.7. The van der Waals surface area contributed by atoms with Crippen molar-refractivity contribution in [3.05, 3.63) is 46.6 Å². The molecule has 0 radical (unpaired) electrons. The van der Waals surface area contributed by atoms with Gasteiger partial charge in [0.1, 0.15) is 22.7 Å². The van der Waals surface area contributed by atoms with Crippen LogP contribution in [0.4, 0.5) is 5.82 Å². The van der Waals surface area contributed by atoms with Gasteiger partial charge < -0.3 is 15.0 Å². The smallest absolute Gasteiger partial charge is 0.261 e. The van der Waals surface area contributed by atoms with E-state index in [2.05, 4.69) is 32.0 Å². The number of rotatable bonds is 8. The molecular formula is C24H31N5O2S. The van der Waals surface area contributed by atoms with Gasteiger partial charge in [-0.15, -0.1) is 11.3 Å². The van der Waals surface area contributed by atoms with Crippen molar-refractivity contribution < 1.29 is 9.53 Å². The number of carbonyl (C=O) groups excluding carboxylic acids is 1. The topological polar surface area (TPSA) is 70.6 Å². The van der Waals surface area contributed by atoms with Gasteiger partial charge in [-0.2, -0.15) is 0 Å². The largest absolute Gasteiger partial charge is 0.494 e. The molecule has 2 aromatic heterocycles. The molecule has 8 heteroatoms. The van der Waals surface area contributed by atoms with Crippen LogP contribution in [0.3, 0.4) is 0 Å². The fourth-order valence-corrected chi connectivity index (χ4v) is 5.27. The van der Waals surface area contributed by atoms with Gasteiger partial charge in [0.05, 0.1) is 16.9 Å². The maximum absolute atomic E-state index is 13.1. The van der Waals surface area contributed by atoms with E-state index in [4.69, 9.17) is 4.74 Å². The number of hydrogen-bond acceptors (Lipinski definition) is 7. The first-order chi connectivity index (χ1) is 15.6. The third-order valence-electron chi connectivity index (χ3n) is 5.84. The minimum Gasteiger partial charge on any atom is -0.494 e. The van der Waals surface area contributed by atoms with Crippen molar-refractivity contribution in [1.29, 1.82) is 0 Å². The molecule has 1 fully saturated rings. The van der Waals surface area contributed by atoms with E-state index in [-0.39, 0.29) is 5.91 Å². The number of piperazine rings is 1. The molecule has 0 saturated carbocycles. The summed E-state index contributed by atoms with van der Waals surface area (Å²) in [6, 6.07) is 7.80. The number of nitrogens with one attached hydrogen (secondary N) is 1. The molecular weight excluding hydrogens is 422 g/mol. The van der Waals surface area contributed by atoms with Gasteiger partial charge in [0.2, 0.25) is 0 Å². The van der Waals surface area contributed by atoms with Gasteiger partial charge in [0, 0.05) is 38.3 Å². The summed E-state index contributed by atoms with van der Waals surface area (Å²) in [6.45, 7) is 12.3. The van der Waals surface area contributed by atoms with Gasteiger partial charge in [-0.25, -0.2) is 9.97 Å². The third kappa shape index (κ3) is 4.71. The molecule has 1 aliphatic rings. The summed E-state index contributed by atoms with van der Waals surface area (Å²) in [7, 11) is 0. The molecule has 7 nitrogen and oxygen atoms in total. The monoisotopic (exact) mass is 453 g/mol. The summed E-state index contributed by atoms with van der Waals surface area (Å²) in [5.74, 6) is 1.66. The number of thiophene rings is 1. The zero-order chi connectivity index (χ0) is 22.5. The molecule has 1 aromatic carbocycles. The first kappa shape index (κ1) is 22.5. The number of fused-ring (bicyclic) bond motifs is 1. The van der Waals surface area contributed by atoms with Gasteiger partial charge in [0.15, 0.2) is 0 Å². The molecule has 0 aliphatic carbocycles. The van der Waals surface area contributed by atoms with Crippen LogP contribution in [0.5, 0.6) is 5.75 Å². The summed E-state index contributed by atoms with van der Waals surface area (Å²) < 4.78 is 5.68. The Balaban J connectivity index is 1.53. The lowest BCUT2D eigenvalue weighted by atomic mass is 10.1. The number of aromatic nitrogens is 2. The van der Waals surface area contributed by atoms with Crippen LogP contribution in [-0.2, 0) is 6.54 Å². The van der Waals surface area contributed by atoms with Crippen molar-refractivity contribution in [3.63, 3.8) is 0 Å². The average Bonchev–Trinajstić information content (AvgIpc) is 3.16. The quantitative estimate of drug-likeness (QED) is 0.559. The highest BCUT2D eigenvalue weighted by Gasteiger charge is 2.24. The van der Waals surface area contributed by atoms with E-state index in [1.165, 1.54) is 17.8 Å². The van der Waals surface area contributed by atoms with Crippen LogP contribution in [0.15, 0.2) is 30.6 Å². The second-order valence-corrected chi connectivity index (χ2v) is 8.98. The predicted molar refractivity (Wildman–Crippen MR) is 130 cm³/mol. The Kier molecular flexibility index (Phi) is 7.22. The molecule has 0 spiro atoms. The van der Waals surface area contributed by atoms with E-state index < -0.39 is 0 Å². The van der Waals surface area contributed by atoms with E-state index in [1.807, 2.05) is 38.1 Å². The zero-order valence-corrected chi connectivity index (χ0v) is 19.9. The van der Waals surface area contributed by atoms with Crippen LogP contribution < -0.4 is 15.0 Å². The van der Waals surface area contributed by atoms with Crippen LogP contribution in [0.1, 0.15) is 41.1 Å². The van der Waals surface area contributed by atoms with Gasteiger partial charge >= 0.3 is 0 Å². The van der Waals surface area contributed by atoms with Crippen molar-refractivity contribution in [3.8, 4) is 5.75 Å². The number of benzene rings is 1. The first-order valence-corrected chi connectivity index (χ1v) is 12.1. The lowest BCUT2D eigenvalue weighted by Crippen LogP contribution is -2.46. The van der Waals surface area contributed by atoms with Crippen LogP contribution >= 0.6 is 11.3 Å². The number of nitrogens with zero attached hydrogens (tertiary/aromatic N) is 4.